The molecule has 1 heterocycles. The summed E-state index contributed by atoms with van der Waals surface area (Å²) in [5.41, 5.74) is 3.98. The van der Waals surface area contributed by atoms with E-state index in [9.17, 15) is 8.42 Å². The molecule has 3 nitrogen and oxygen atoms in total. The molecule has 1 aliphatic heterocycles. The number of likely N-dealkylation sites (N-methyl/N-ethyl adjacent to an activating group) is 1. The fourth-order valence-corrected chi connectivity index (χ4v) is 5.15. The van der Waals surface area contributed by atoms with Gasteiger partial charge in [-0.05, 0) is 56.7 Å². The van der Waals surface area contributed by atoms with E-state index >= 15 is 0 Å². The lowest BCUT2D eigenvalue weighted by Crippen LogP contribution is -2.33. The zero-order chi connectivity index (χ0) is 15.5. The monoisotopic (exact) mass is 309 g/mol. The topological polar surface area (TPSA) is 46.2 Å². The first-order chi connectivity index (χ1) is 9.89. The Balaban J connectivity index is 2.03. The van der Waals surface area contributed by atoms with Gasteiger partial charge in [-0.1, -0.05) is 30.7 Å². The van der Waals surface area contributed by atoms with Crippen LogP contribution in [0.1, 0.15) is 36.5 Å². The molecular weight excluding hydrogens is 282 g/mol. The van der Waals surface area contributed by atoms with Gasteiger partial charge < -0.3 is 5.32 Å². The van der Waals surface area contributed by atoms with E-state index in [2.05, 4.69) is 44.3 Å². The molecule has 1 saturated heterocycles. The smallest absolute Gasteiger partial charge is 0.150 e. The molecule has 0 amide bonds. The first-order valence-electron chi connectivity index (χ1n) is 7.89. The molecule has 1 aromatic rings. The van der Waals surface area contributed by atoms with Crippen LogP contribution in [-0.4, -0.2) is 32.5 Å². The highest BCUT2D eigenvalue weighted by Crippen LogP contribution is 2.24. The molecule has 2 rings (SSSR count). The van der Waals surface area contributed by atoms with Gasteiger partial charge in [0.25, 0.3) is 0 Å². The second-order valence-corrected chi connectivity index (χ2v) is 8.62. The summed E-state index contributed by atoms with van der Waals surface area (Å²) < 4.78 is 23.2. The van der Waals surface area contributed by atoms with Crippen LogP contribution in [0.15, 0.2) is 18.2 Å². The number of aryl methyl sites for hydroxylation is 2. The van der Waals surface area contributed by atoms with Gasteiger partial charge in [0.2, 0.25) is 0 Å². The third kappa shape index (κ3) is 4.82. The van der Waals surface area contributed by atoms with Crippen LogP contribution in [0, 0.1) is 19.8 Å². The molecule has 21 heavy (non-hydrogen) atoms. The van der Waals surface area contributed by atoms with Crippen molar-refractivity contribution in [1.82, 2.24) is 5.32 Å². The van der Waals surface area contributed by atoms with E-state index in [-0.39, 0.29) is 0 Å². The molecule has 0 radical (unpaired) electrons. The maximum absolute atomic E-state index is 11.6. The molecule has 0 saturated carbocycles. The van der Waals surface area contributed by atoms with Crippen molar-refractivity contribution in [3.05, 3.63) is 34.9 Å². The molecule has 0 spiro atoms. The molecule has 118 valence electrons. The number of sulfone groups is 1. The highest BCUT2D eigenvalue weighted by molar-refractivity contribution is 7.91. The average molecular weight is 309 g/mol. The third-order valence-corrected chi connectivity index (χ3v) is 6.25. The van der Waals surface area contributed by atoms with Crippen molar-refractivity contribution >= 4 is 9.84 Å². The number of hydrogen-bond donors (Lipinski definition) is 1. The van der Waals surface area contributed by atoms with E-state index in [0.29, 0.717) is 23.5 Å². The lowest BCUT2D eigenvalue weighted by Gasteiger charge is -2.22. The predicted octanol–water partition coefficient (Wildman–Crippen LogP) is 2.65. The molecule has 1 N–H and O–H groups in total. The minimum Gasteiger partial charge on any atom is -0.314 e. The van der Waals surface area contributed by atoms with Crippen molar-refractivity contribution in [2.45, 2.75) is 46.1 Å². The van der Waals surface area contributed by atoms with Crippen molar-refractivity contribution in [2.75, 3.05) is 18.1 Å². The zero-order valence-electron chi connectivity index (χ0n) is 13.4. The molecular formula is C17H27NO2S. The maximum atomic E-state index is 11.6. The van der Waals surface area contributed by atoms with Crippen LogP contribution in [0.5, 0.6) is 0 Å². The summed E-state index contributed by atoms with van der Waals surface area (Å²) in [4.78, 5) is 0. The second-order valence-electron chi connectivity index (χ2n) is 6.39. The normalized spacial score (nSPS) is 22.3. The summed E-state index contributed by atoms with van der Waals surface area (Å²) >= 11 is 0. The molecule has 0 bridgehead atoms. The lowest BCUT2D eigenvalue weighted by molar-refractivity contribution is 0.409. The molecule has 4 heteroatoms. The van der Waals surface area contributed by atoms with Gasteiger partial charge in [0.05, 0.1) is 11.5 Å². The van der Waals surface area contributed by atoms with Crippen LogP contribution in [0.3, 0.4) is 0 Å². The number of nitrogens with one attached hydrogen (secondary N) is 1. The SMILES string of the molecule is CCNC(Cc1cc(C)ccc1C)CC1CCS(=O)(=O)C1. The van der Waals surface area contributed by atoms with Gasteiger partial charge in [0.15, 0.2) is 9.84 Å². The Bertz CT molecular complexity index is 580. The van der Waals surface area contributed by atoms with E-state index in [1.807, 2.05) is 0 Å². The Morgan fingerprint density at radius 2 is 2.10 bits per heavy atom. The van der Waals surface area contributed by atoms with E-state index in [1.165, 1.54) is 16.7 Å². The van der Waals surface area contributed by atoms with Crippen LogP contribution in [0.2, 0.25) is 0 Å². The van der Waals surface area contributed by atoms with E-state index in [4.69, 9.17) is 0 Å². The van der Waals surface area contributed by atoms with Gasteiger partial charge in [-0.3, -0.25) is 0 Å². The molecule has 1 fully saturated rings. The van der Waals surface area contributed by atoms with Gasteiger partial charge in [-0.2, -0.15) is 0 Å². The van der Waals surface area contributed by atoms with Crippen LogP contribution < -0.4 is 5.32 Å². The highest BCUT2D eigenvalue weighted by Gasteiger charge is 2.29. The number of rotatable bonds is 6. The van der Waals surface area contributed by atoms with Crippen LogP contribution in [0.25, 0.3) is 0 Å². The minimum atomic E-state index is -2.77. The number of benzene rings is 1. The number of hydrogen-bond acceptors (Lipinski definition) is 3. The van der Waals surface area contributed by atoms with Gasteiger partial charge >= 0.3 is 0 Å². The quantitative estimate of drug-likeness (QED) is 0.879. The van der Waals surface area contributed by atoms with E-state index in [0.717, 1.165) is 25.8 Å². The second kappa shape index (κ2) is 6.93. The van der Waals surface area contributed by atoms with Crippen molar-refractivity contribution in [2.24, 2.45) is 5.92 Å². The van der Waals surface area contributed by atoms with Crippen LogP contribution >= 0.6 is 0 Å². The molecule has 1 aromatic carbocycles. The molecule has 0 aromatic heterocycles. The van der Waals surface area contributed by atoms with Crippen molar-refractivity contribution in [3.63, 3.8) is 0 Å². The van der Waals surface area contributed by atoms with Crippen LogP contribution in [0.4, 0.5) is 0 Å². The summed E-state index contributed by atoms with van der Waals surface area (Å²) in [7, 11) is -2.77. The van der Waals surface area contributed by atoms with Gasteiger partial charge in [0.1, 0.15) is 0 Å². The maximum Gasteiger partial charge on any atom is 0.150 e. The Kier molecular flexibility index (Phi) is 5.44. The largest absolute Gasteiger partial charge is 0.314 e. The summed E-state index contributed by atoms with van der Waals surface area (Å²) in [6, 6.07) is 6.94. The minimum absolute atomic E-state index is 0.323. The summed E-state index contributed by atoms with van der Waals surface area (Å²) in [5.74, 6) is 1.07. The van der Waals surface area contributed by atoms with Gasteiger partial charge in [-0.25, -0.2) is 8.42 Å². The van der Waals surface area contributed by atoms with Gasteiger partial charge in [0, 0.05) is 6.04 Å². The Morgan fingerprint density at radius 1 is 1.33 bits per heavy atom. The zero-order valence-corrected chi connectivity index (χ0v) is 14.2. The summed E-state index contributed by atoms with van der Waals surface area (Å²) in [5, 5.41) is 3.54. The lowest BCUT2D eigenvalue weighted by atomic mass is 9.92. The fourth-order valence-electron chi connectivity index (χ4n) is 3.27. The first-order valence-corrected chi connectivity index (χ1v) is 9.71. The Morgan fingerprint density at radius 3 is 2.71 bits per heavy atom. The molecule has 2 atom stereocenters. The van der Waals surface area contributed by atoms with Crippen molar-refractivity contribution in [3.8, 4) is 0 Å². The van der Waals surface area contributed by atoms with Gasteiger partial charge in [-0.15, -0.1) is 0 Å². The Hall–Kier alpha value is -0.870. The van der Waals surface area contributed by atoms with Crippen LogP contribution in [-0.2, 0) is 16.3 Å². The Labute approximate surface area is 129 Å². The average Bonchev–Trinajstić information content (AvgIpc) is 2.73. The predicted molar refractivity (Wildman–Crippen MR) is 88.5 cm³/mol. The molecule has 0 aliphatic carbocycles. The fraction of sp³-hybridized carbons (Fsp3) is 0.647. The first kappa shape index (κ1) is 16.5. The standard InChI is InChI=1S/C17H27NO2S/c1-4-18-17(10-15-7-8-21(19,20)12-15)11-16-9-13(2)5-6-14(16)3/h5-6,9,15,17-18H,4,7-8,10-12H2,1-3H3. The molecule has 2 unspecified atom stereocenters. The third-order valence-electron chi connectivity index (χ3n) is 4.41. The van der Waals surface area contributed by atoms with E-state index in [1.54, 1.807) is 0 Å². The van der Waals surface area contributed by atoms with E-state index < -0.39 is 9.84 Å². The van der Waals surface area contributed by atoms with Crippen molar-refractivity contribution < 1.29 is 8.42 Å². The highest BCUT2D eigenvalue weighted by atomic mass is 32.2. The summed E-state index contributed by atoms with van der Waals surface area (Å²) in [6.07, 6.45) is 2.77. The van der Waals surface area contributed by atoms with Crippen molar-refractivity contribution in [1.29, 1.82) is 0 Å². The summed E-state index contributed by atoms with van der Waals surface area (Å²) in [6.45, 7) is 7.31. The molecule has 1 aliphatic rings.